The van der Waals surface area contributed by atoms with Crippen LogP contribution in [0.25, 0.3) is 11.0 Å². The van der Waals surface area contributed by atoms with Gasteiger partial charge in [0.2, 0.25) is 0 Å². The van der Waals surface area contributed by atoms with Gasteiger partial charge in [-0.2, -0.15) is 0 Å². The Labute approximate surface area is 115 Å². The molecule has 0 radical (unpaired) electrons. The Morgan fingerprint density at radius 1 is 1.32 bits per heavy atom. The van der Waals surface area contributed by atoms with E-state index in [0.29, 0.717) is 10.8 Å². The quantitative estimate of drug-likeness (QED) is 0.829. The van der Waals surface area contributed by atoms with Crippen LogP contribution in [0.2, 0.25) is 0 Å². The first-order valence-electron chi connectivity index (χ1n) is 6.79. The van der Waals surface area contributed by atoms with Crippen molar-refractivity contribution in [3.8, 4) is 0 Å². The molecule has 0 bridgehead atoms. The molecule has 1 aromatic heterocycles. The molecule has 0 saturated heterocycles. The normalized spacial score (nSPS) is 25.5. The minimum Gasteiger partial charge on any atom is -0.399 e. The van der Waals surface area contributed by atoms with Crippen LogP contribution < -0.4 is 5.73 Å². The number of anilines is 1. The lowest BCUT2D eigenvalue weighted by atomic mass is 9.91. The van der Waals surface area contributed by atoms with E-state index < -0.39 is 10.8 Å². The molecular weight excluding hydrogens is 258 g/mol. The first-order chi connectivity index (χ1) is 9.13. The summed E-state index contributed by atoms with van der Waals surface area (Å²) in [7, 11) is -1.03. The van der Waals surface area contributed by atoms with Crippen LogP contribution in [0.1, 0.15) is 32.6 Å². The van der Waals surface area contributed by atoms with Gasteiger partial charge >= 0.3 is 0 Å². The van der Waals surface area contributed by atoms with E-state index in [1.165, 1.54) is 12.8 Å². The zero-order valence-electron chi connectivity index (χ0n) is 11.1. The Morgan fingerprint density at radius 2 is 2.05 bits per heavy atom. The number of imidazole rings is 1. The highest BCUT2D eigenvalue weighted by Gasteiger charge is 2.26. The van der Waals surface area contributed by atoms with E-state index in [0.717, 1.165) is 29.8 Å². The monoisotopic (exact) mass is 277 g/mol. The van der Waals surface area contributed by atoms with Crippen molar-refractivity contribution >= 4 is 27.5 Å². The van der Waals surface area contributed by atoms with Crippen molar-refractivity contribution in [3.63, 3.8) is 0 Å². The van der Waals surface area contributed by atoms with E-state index in [4.69, 9.17) is 5.73 Å². The van der Waals surface area contributed by atoms with Gasteiger partial charge in [0.1, 0.15) is 0 Å². The maximum absolute atomic E-state index is 12.5. The molecule has 1 unspecified atom stereocenters. The summed E-state index contributed by atoms with van der Waals surface area (Å²) in [4.78, 5) is 7.59. The van der Waals surface area contributed by atoms with Crippen molar-refractivity contribution in [2.45, 2.75) is 43.0 Å². The number of nitrogen functional groups attached to an aromatic ring is 1. The number of fused-ring (bicyclic) bond motifs is 1. The van der Waals surface area contributed by atoms with Gasteiger partial charge < -0.3 is 10.7 Å². The van der Waals surface area contributed by atoms with E-state index >= 15 is 0 Å². The zero-order valence-corrected chi connectivity index (χ0v) is 11.9. The summed E-state index contributed by atoms with van der Waals surface area (Å²) in [6.07, 6.45) is 4.41. The van der Waals surface area contributed by atoms with Crippen molar-refractivity contribution in [2.24, 2.45) is 5.92 Å². The molecule has 0 aliphatic heterocycles. The van der Waals surface area contributed by atoms with Gasteiger partial charge in [-0.1, -0.05) is 6.92 Å². The smallest absolute Gasteiger partial charge is 0.197 e. The number of hydrogen-bond acceptors (Lipinski definition) is 3. The van der Waals surface area contributed by atoms with Gasteiger partial charge in [-0.15, -0.1) is 0 Å². The molecule has 1 heterocycles. The van der Waals surface area contributed by atoms with Crippen molar-refractivity contribution in [1.82, 2.24) is 9.97 Å². The van der Waals surface area contributed by atoms with Crippen molar-refractivity contribution in [3.05, 3.63) is 18.2 Å². The molecule has 19 heavy (non-hydrogen) atoms. The molecule has 1 aliphatic rings. The molecule has 1 atom stereocenters. The van der Waals surface area contributed by atoms with Gasteiger partial charge in [-0.3, -0.25) is 4.21 Å². The summed E-state index contributed by atoms with van der Waals surface area (Å²) >= 11 is 0. The number of aromatic nitrogens is 2. The van der Waals surface area contributed by atoms with Crippen LogP contribution in [0.5, 0.6) is 0 Å². The lowest BCUT2D eigenvalue weighted by Gasteiger charge is -2.24. The summed E-state index contributed by atoms with van der Waals surface area (Å²) in [6, 6.07) is 5.52. The molecule has 4 nitrogen and oxygen atoms in total. The third kappa shape index (κ3) is 2.52. The molecule has 3 N–H and O–H groups in total. The fourth-order valence-electron chi connectivity index (χ4n) is 2.70. The second-order valence-electron chi connectivity index (χ2n) is 5.50. The van der Waals surface area contributed by atoms with Gasteiger partial charge in [-0.25, -0.2) is 4.98 Å². The van der Waals surface area contributed by atoms with Crippen LogP contribution >= 0.6 is 0 Å². The van der Waals surface area contributed by atoms with Crippen LogP contribution in [0, 0.1) is 5.92 Å². The van der Waals surface area contributed by atoms with Gasteiger partial charge in [0.05, 0.1) is 21.8 Å². The Morgan fingerprint density at radius 3 is 2.79 bits per heavy atom. The molecule has 102 valence electrons. The summed E-state index contributed by atoms with van der Waals surface area (Å²) in [5.41, 5.74) is 8.14. The molecule has 1 aliphatic carbocycles. The number of nitrogens with one attached hydrogen (secondary N) is 1. The number of nitrogens with zero attached hydrogens (tertiary/aromatic N) is 1. The maximum atomic E-state index is 12.5. The Bertz CT molecular complexity index is 614. The van der Waals surface area contributed by atoms with E-state index in [2.05, 4.69) is 16.9 Å². The summed E-state index contributed by atoms with van der Waals surface area (Å²) in [6.45, 7) is 2.27. The van der Waals surface area contributed by atoms with Crippen molar-refractivity contribution in [2.75, 3.05) is 5.73 Å². The fourth-order valence-corrected chi connectivity index (χ4v) is 4.12. The number of H-pyrrole nitrogens is 1. The van der Waals surface area contributed by atoms with E-state index in [9.17, 15) is 4.21 Å². The van der Waals surface area contributed by atoms with Gasteiger partial charge in [-0.05, 0) is 49.8 Å². The number of nitrogens with two attached hydrogens (primary N) is 1. The van der Waals surface area contributed by atoms with Crippen LogP contribution in [-0.2, 0) is 10.8 Å². The molecule has 3 rings (SSSR count). The summed E-state index contributed by atoms with van der Waals surface area (Å²) < 4.78 is 12.5. The zero-order chi connectivity index (χ0) is 13.4. The van der Waals surface area contributed by atoms with Gasteiger partial charge in [0.15, 0.2) is 5.16 Å². The number of aromatic amines is 1. The lowest BCUT2D eigenvalue weighted by molar-refractivity contribution is 0.388. The largest absolute Gasteiger partial charge is 0.399 e. The molecule has 1 aromatic carbocycles. The highest BCUT2D eigenvalue weighted by Crippen LogP contribution is 2.29. The van der Waals surface area contributed by atoms with Crippen LogP contribution in [0.15, 0.2) is 23.4 Å². The molecule has 1 fully saturated rings. The molecule has 1 saturated carbocycles. The minimum absolute atomic E-state index is 0.245. The van der Waals surface area contributed by atoms with Gasteiger partial charge in [0.25, 0.3) is 0 Å². The van der Waals surface area contributed by atoms with Crippen molar-refractivity contribution in [1.29, 1.82) is 0 Å². The molecule has 5 heteroatoms. The molecule has 2 aromatic rings. The minimum atomic E-state index is -1.03. The highest BCUT2D eigenvalue weighted by molar-refractivity contribution is 7.85. The van der Waals surface area contributed by atoms with Crippen LogP contribution in [0.4, 0.5) is 5.69 Å². The number of rotatable bonds is 2. The first kappa shape index (κ1) is 12.7. The maximum Gasteiger partial charge on any atom is 0.197 e. The predicted molar refractivity (Wildman–Crippen MR) is 78.3 cm³/mol. The topological polar surface area (TPSA) is 71.8 Å². The lowest BCUT2D eigenvalue weighted by Crippen LogP contribution is -2.22. The standard InChI is InChI=1S/C14H19N3OS/c1-9-2-5-11(6-3-9)19(18)14-16-12-7-4-10(15)8-13(12)17-14/h4,7-9,11H,2-3,5-6,15H2,1H3,(H,16,17). The fraction of sp³-hybridized carbons (Fsp3) is 0.500. The average molecular weight is 277 g/mol. The molecule has 0 spiro atoms. The summed E-state index contributed by atoms with van der Waals surface area (Å²) in [5, 5.41) is 0.842. The second-order valence-corrected chi connectivity index (χ2v) is 7.15. The first-order valence-corrected chi connectivity index (χ1v) is 8.00. The highest BCUT2D eigenvalue weighted by atomic mass is 32.2. The number of benzene rings is 1. The van der Waals surface area contributed by atoms with Gasteiger partial charge in [0, 0.05) is 10.9 Å². The predicted octanol–water partition coefficient (Wildman–Crippen LogP) is 2.83. The molecular formula is C14H19N3OS. The van der Waals surface area contributed by atoms with E-state index in [1.54, 1.807) is 0 Å². The van der Waals surface area contributed by atoms with Crippen LogP contribution in [0.3, 0.4) is 0 Å². The second kappa shape index (κ2) is 4.96. The van der Waals surface area contributed by atoms with Crippen molar-refractivity contribution < 1.29 is 4.21 Å². The third-order valence-electron chi connectivity index (χ3n) is 3.94. The Hall–Kier alpha value is -1.36. The average Bonchev–Trinajstić information content (AvgIpc) is 2.81. The third-order valence-corrected chi connectivity index (χ3v) is 5.59. The SMILES string of the molecule is CC1CCC(S(=O)c2nc3ccc(N)cc3[nH]2)CC1. The summed E-state index contributed by atoms with van der Waals surface area (Å²) in [5.74, 6) is 0.767. The number of hydrogen-bond donors (Lipinski definition) is 2. The van der Waals surface area contributed by atoms with E-state index in [-0.39, 0.29) is 5.25 Å². The van der Waals surface area contributed by atoms with Crippen LogP contribution in [-0.4, -0.2) is 19.4 Å². The molecule has 0 amide bonds. The Kier molecular flexibility index (Phi) is 3.31. The Balaban J connectivity index is 1.85. The van der Waals surface area contributed by atoms with E-state index in [1.807, 2.05) is 18.2 Å².